The third-order valence-corrected chi connectivity index (χ3v) is 1.91. The second-order valence-corrected chi connectivity index (χ2v) is 2.93. The van der Waals surface area contributed by atoms with Crippen LogP contribution in [0.5, 0.6) is 0 Å². The van der Waals surface area contributed by atoms with Crippen molar-refractivity contribution in [1.29, 1.82) is 0 Å². The van der Waals surface area contributed by atoms with Crippen LogP contribution in [0.25, 0.3) is 0 Å². The van der Waals surface area contributed by atoms with Crippen LogP contribution >= 0.6 is 0 Å². The molecule has 0 bridgehead atoms. The van der Waals surface area contributed by atoms with Crippen LogP contribution in [0.4, 0.5) is 0 Å². The Morgan fingerprint density at radius 2 is 2.17 bits per heavy atom. The first-order chi connectivity index (χ1) is 5.93. The van der Waals surface area contributed by atoms with E-state index in [0.717, 1.165) is 18.9 Å². The van der Waals surface area contributed by atoms with Crippen LogP contribution in [0.3, 0.4) is 0 Å². The number of hydrogen-bond donors (Lipinski definition) is 0. The van der Waals surface area contributed by atoms with Gasteiger partial charge in [-0.25, -0.2) is 0 Å². The van der Waals surface area contributed by atoms with Crippen molar-refractivity contribution in [3.63, 3.8) is 0 Å². The molecule has 66 valence electrons. The third kappa shape index (κ3) is 3.43. The number of rotatable bonds is 1. The molecular weight excluding hydrogens is 150 g/mol. The average molecular weight is 165 g/mol. The molecule has 2 nitrogen and oxygen atoms in total. The summed E-state index contributed by atoms with van der Waals surface area (Å²) >= 11 is 0. The molecule has 0 unspecified atom stereocenters. The lowest BCUT2D eigenvalue weighted by Crippen LogP contribution is -2.08. The first kappa shape index (κ1) is 9.12. The summed E-state index contributed by atoms with van der Waals surface area (Å²) in [6.45, 7) is 1.26. The van der Waals surface area contributed by atoms with Gasteiger partial charge in [-0.1, -0.05) is 18.8 Å². The Balaban J connectivity index is 2.32. The van der Waals surface area contributed by atoms with Crippen LogP contribution in [-0.2, 0) is 4.74 Å². The molecule has 0 aliphatic carbocycles. The van der Waals surface area contributed by atoms with E-state index < -0.39 is 0 Å². The quantitative estimate of drug-likeness (QED) is 0.544. The van der Waals surface area contributed by atoms with Crippen LogP contribution in [0.15, 0.2) is 4.99 Å². The van der Waals surface area contributed by atoms with E-state index in [-0.39, 0.29) is 0 Å². The molecule has 0 N–H and O–H groups in total. The van der Waals surface area contributed by atoms with Crippen molar-refractivity contribution >= 4 is 5.90 Å². The molecule has 0 aromatic rings. The molecule has 1 aliphatic heterocycles. The lowest BCUT2D eigenvalue weighted by Gasteiger charge is -2.09. The standard InChI is InChI=1S/C10H15NO/c1-2-9-12-10-7-5-3-4-6-8-11-10/h1H,3-9H2. The predicted octanol–water partition coefficient (Wildman–Crippen LogP) is 2.00. The summed E-state index contributed by atoms with van der Waals surface area (Å²) in [5, 5.41) is 0. The molecule has 0 saturated carbocycles. The summed E-state index contributed by atoms with van der Waals surface area (Å²) in [6, 6.07) is 0. The van der Waals surface area contributed by atoms with Gasteiger partial charge in [0.15, 0.2) is 5.90 Å². The van der Waals surface area contributed by atoms with Crippen molar-refractivity contribution < 1.29 is 4.74 Å². The van der Waals surface area contributed by atoms with Crippen molar-refractivity contribution in [3.8, 4) is 12.3 Å². The van der Waals surface area contributed by atoms with Crippen LogP contribution < -0.4 is 0 Å². The topological polar surface area (TPSA) is 21.6 Å². The van der Waals surface area contributed by atoms with E-state index in [9.17, 15) is 0 Å². The lowest BCUT2D eigenvalue weighted by molar-refractivity contribution is 0.340. The monoisotopic (exact) mass is 165 g/mol. The van der Waals surface area contributed by atoms with Crippen molar-refractivity contribution in [2.24, 2.45) is 4.99 Å². The molecule has 0 amide bonds. The van der Waals surface area contributed by atoms with E-state index in [1.165, 1.54) is 25.7 Å². The van der Waals surface area contributed by atoms with Gasteiger partial charge in [0, 0.05) is 13.0 Å². The minimum Gasteiger partial charge on any atom is -0.468 e. The SMILES string of the molecule is C#CCOC1=NCCCCCC1. The molecule has 2 heteroatoms. The minimum absolute atomic E-state index is 0.360. The Hall–Kier alpha value is -0.970. The maximum absolute atomic E-state index is 5.28. The molecule has 0 aromatic heterocycles. The van der Waals surface area contributed by atoms with E-state index in [0.29, 0.717) is 6.61 Å². The molecule has 0 fully saturated rings. The first-order valence-corrected chi connectivity index (χ1v) is 4.53. The van der Waals surface area contributed by atoms with Gasteiger partial charge >= 0.3 is 0 Å². The summed E-state index contributed by atoms with van der Waals surface area (Å²) < 4.78 is 5.28. The van der Waals surface area contributed by atoms with Gasteiger partial charge in [0.2, 0.25) is 0 Å². The zero-order valence-corrected chi connectivity index (χ0v) is 7.38. The smallest absolute Gasteiger partial charge is 0.184 e. The Morgan fingerprint density at radius 3 is 3.00 bits per heavy atom. The fraction of sp³-hybridized carbons (Fsp3) is 0.700. The molecule has 12 heavy (non-hydrogen) atoms. The van der Waals surface area contributed by atoms with Crippen LogP contribution in [0.2, 0.25) is 0 Å². The zero-order chi connectivity index (χ0) is 8.65. The fourth-order valence-corrected chi connectivity index (χ4v) is 1.27. The lowest BCUT2D eigenvalue weighted by atomic mass is 10.1. The highest BCUT2D eigenvalue weighted by Crippen LogP contribution is 2.08. The first-order valence-electron chi connectivity index (χ1n) is 4.53. The minimum atomic E-state index is 0.360. The summed E-state index contributed by atoms with van der Waals surface area (Å²) in [6.07, 6.45) is 11.0. The highest BCUT2D eigenvalue weighted by molar-refractivity contribution is 5.76. The number of nitrogens with zero attached hydrogens (tertiary/aromatic N) is 1. The Morgan fingerprint density at radius 1 is 1.33 bits per heavy atom. The second kappa shape index (κ2) is 5.65. The maximum atomic E-state index is 5.28. The van der Waals surface area contributed by atoms with Gasteiger partial charge in [-0.3, -0.25) is 4.99 Å². The van der Waals surface area contributed by atoms with Gasteiger partial charge < -0.3 is 4.74 Å². The zero-order valence-electron chi connectivity index (χ0n) is 7.38. The Bertz CT molecular complexity index is 191. The highest BCUT2D eigenvalue weighted by Gasteiger charge is 2.02. The van der Waals surface area contributed by atoms with E-state index in [2.05, 4.69) is 10.9 Å². The molecule has 1 heterocycles. The largest absolute Gasteiger partial charge is 0.468 e. The van der Waals surface area contributed by atoms with E-state index in [1.54, 1.807) is 0 Å². The summed E-state index contributed by atoms with van der Waals surface area (Å²) in [5.41, 5.74) is 0. The number of ether oxygens (including phenoxy) is 1. The number of aliphatic imine (C=N–C) groups is 1. The van der Waals surface area contributed by atoms with Crippen LogP contribution in [0, 0.1) is 12.3 Å². The third-order valence-electron chi connectivity index (χ3n) is 1.91. The molecule has 1 rings (SSSR count). The van der Waals surface area contributed by atoms with Gasteiger partial charge in [-0.05, 0) is 12.8 Å². The molecule has 1 aliphatic rings. The van der Waals surface area contributed by atoms with E-state index in [4.69, 9.17) is 11.2 Å². The maximum Gasteiger partial charge on any atom is 0.184 e. The van der Waals surface area contributed by atoms with E-state index in [1.807, 2.05) is 0 Å². The fourth-order valence-electron chi connectivity index (χ4n) is 1.27. The van der Waals surface area contributed by atoms with Gasteiger partial charge in [0.05, 0.1) is 0 Å². The molecule has 0 atom stereocenters. The van der Waals surface area contributed by atoms with Crippen molar-refractivity contribution in [3.05, 3.63) is 0 Å². The van der Waals surface area contributed by atoms with Gasteiger partial charge in [-0.15, -0.1) is 6.42 Å². The Labute approximate surface area is 74.0 Å². The molecule has 0 aromatic carbocycles. The van der Waals surface area contributed by atoms with Crippen molar-refractivity contribution in [2.45, 2.75) is 32.1 Å². The van der Waals surface area contributed by atoms with Crippen molar-refractivity contribution in [1.82, 2.24) is 0 Å². The summed E-state index contributed by atoms with van der Waals surface area (Å²) in [5.74, 6) is 3.30. The molecular formula is C10H15NO. The highest BCUT2D eigenvalue weighted by atomic mass is 16.5. The van der Waals surface area contributed by atoms with Gasteiger partial charge in [0.1, 0.15) is 6.61 Å². The van der Waals surface area contributed by atoms with Gasteiger partial charge in [-0.2, -0.15) is 0 Å². The predicted molar refractivity (Wildman–Crippen MR) is 50.2 cm³/mol. The van der Waals surface area contributed by atoms with Crippen LogP contribution in [0.1, 0.15) is 32.1 Å². The summed E-state index contributed by atoms with van der Waals surface area (Å²) in [7, 11) is 0. The average Bonchev–Trinajstić information content (AvgIpc) is 2.02. The summed E-state index contributed by atoms with van der Waals surface area (Å²) in [4.78, 5) is 4.32. The number of hydrogen-bond acceptors (Lipinski definition) is 2. The van der Waals surface area contributed by atoms with Gasteiger partial charge in [0.25, 0.3) is 0 Å². The molecule has 0 spiro atoms. The van der Waals surface area contributed by atoms with E-state index >= 15 is 0 Å². The van der Waals surface area contributed by atoms with Crippen LogP contribution in [-0.4, -0.2) is 19.0 Å². The Kier molecular flexibility index (Phi) is 4.30. The normalized spacial score (nSPS) is 18.4. The number of terminal acetylenes is 1. The molecule has 0 saturated heterocycles. The molecule has 0 radical (unpaired) electrons. The second-order valence-electron chi connectivity index (χ2n) is 2.93. The van der Waals surface area contributed by atoms with Crippen molar-refractivity contribution in [2.75, 3.05) is 13.2 Å².